The van der Waals surface area contributed by atoms with Crippen LogP contribution < -0.4 is 5.32 Å². The molecule has 10 heteroatoms. The standard InChI is InChI=1S/C20H16F3N7/c1-3-29-19-15(10-25-29)17-14(9-24-19)18(27-16-7-11(2)28-30(16)17)26-13-6-4-5-12(8-13)20(21,22)23/h4-10H,3H2,1-2H3,(H,26,27). The van der Waals surface area contributed by atoms with Crippen molar-refractivity contribution in [3.8, 4) is 0 Å². The van der Waals surface area contributed by atoms with E-state index < -0.39 is 11.7 Å². The maximum Gasteiger partial charge on any atom is 0.416 e. The van der Waals surface area contributed by atoms with E-state index in [2.05, 4.69) is 25.5 Å². The molecule has 0 fully saturated rings. The third-order valence-corrected chi connectivity index (χ3v) is 4.90. The van der Waals surface area contributed by atoms with Gasteiger partial charge in [-0.05, 0) is 32.0 Å². The van der Waals surface area contributed by atoms with Gasteiger partial charge in [0.15, 0.2) is 11.3 Å². The second-order valence-electron chi connectivity index (χ2n) is 6.94. The monoisotopic (exact) mass is 411 g/mol. The quantitative estimate of drug-likeness (QED) is 0.465. The summed E-state index contributed by atoms with van der Waals surface area (Å²) in [6.45, 7) is 4.48. The van der Waals surface area contributed by atoms with Gasteiger partial charge in [-0.2, -0.15) is 23.4 Å². The molecule has 5 rings (SSSR count). The summed E-state index contributed by atoms with van der Waals surface area (Å²) in [6, 6.07) is 6.82. The minimum Gasteiger partial charge on any atom is -0.340 e. The molecule has 4 heterocycles. The van der Waals surface area contributed by atoms with Crippen LogP contribution in [0.25, 0.3) is 27.6 Å². The molecule has 0 saturated carbocycles. The van der Waals surface area contributed by atoms with E-state index in [1.807, 2.05) is 19.9 Å². The molecule has 0 radical (unpaired) electrons. The van der Waals surface area contributed by atoms with Crippen molar-refractivity contribution in [1.29, 1.82) is 0 Å². The number of halogens is 3. The lowest BCUT2D eigenvalue weighted by molar-refractivity contribution is -0.137. The van der Waals surface area contributed by atoms with Gasteiger partial charge in [-0.3, -0.25) is 0 Å². The van der Waals surface area contributed by atoms with Gasteiger partial charge in [-0.15, -0.1) is 0 Å². The minimum absolute atomic E-state index is 0.281. The zero-order valence-electron chi connectivity index (χ0n) is 16.1. The Morgan fingerprint density at radius 1 is 1.10 bits per heavy atom. The van der Waals surface area contributed by atoms with E-state index in [1.54, 1.807) is 27.7 Å². The second kappa shape index (κ2) is 6.41. The van der Waals surface area contributed by atoms with Crippen LogP contribution in [-0.4, -0.2) is 29.4 Å². The second-order valence-corrected chi connectivity index (χ2v) is 6.94. The van der Waals surface area contributed by atoms with E-state index in [9.17, 15) is 13.2 Å². The molecule has 0 unspecified atom stereocenters. The van der Waals surface area contributed by atoms with Crippen molar-refractivity contribution in [2.75, 3.05) is 5.32 Å². The molecule has 152 valence electrons. The summed E-state index contributed by atoms with van der Waals surface area (Å²) < 4.78 is 42.8. The Morgan fingerprint density at radius 3 is 2.70 bits per heavy atom. The minimum atomic E-state index is -4.43. The summed E-state index contributed by atoms with van der Waals surface area (Å²) in [4.78, 5) is 9.10. The van der Waals surface area contributed by atoms with E-state index >= 15 is 0 Å². The van der Waals surface area contributed by atoms with Gasteiger partial charge in [0, 0.05) is 24.5 Å². The molecule has 0 aliphatic carbocycles. The topological polar surface area (TPSA) is 72.9 Å². The van der Waals surface area contributed by atoms with Crippen molar-refractivity contribution in [1.82, 2.24) is 29.4 Å². The smallest absolute Gasteiger partial charge is 0.340 e. The lowest BCUT2D eigenvalue weighted by atomic mass is 10.2. The highest BCUT2D eigenvalue weighted by molar-refractivity contribution is 6.07. The van der Waals surface area contributed by atoms with Gasteiger partial charge in [-0.1, -0.05) is 6.07 Å². The van der Waals surface area contributed by atoms with Crippen LogP contribution in [0.1, 0.15) is 18.2 Å². The number of benzene rings is 1. The van der Waals surface area contributed by atoms with Crippen LogP contribution in [0.2, 0.25) is 0 Å². The average molecular weight is 411 g/mol. The average Bonchev–Trinajstić information content (AvgIpc) is 3.29. The molecule has 0 saturated heterocycles. The molecule has 0 aliphatic rings. The Morgan fingerprint density at radius 2 is 1.93 bits per heavy atom. The van der Waals surface area contributed by atoms with E-state index in [4.69, 9.17) is 0 Å². The maximum absolute atomic E-state index is 13.1. The molecule has 4 aromatic heterocycles. The number of nitrogens with zero attached hydrogens (tertiary/aromatic N) is 6. The summed E-state index contributed by atoms with van der Waals surface area (Å²) in [7, 11) is 0. The highest BCUT2D eigenvalue weighted by Gasteiger charge is 2.30. The summed E-state index contributed by atoms with van der Waals surface area (Å²) in [5.74, 6) is 0.398. The molecule has 5 aromatic rings. The van der Waals surface area contributed by atoms with Gasteiger partial charge in [-0.25, -0.2) is 19.2 Å². The van der Waals surface area contributed by atoms with E-state index in [1.165, 1.54) is 6.07 Å². The van der Waals surface area contributed by atoms with Crippen molar-refractivity contribution in [3.63, 3.8) is 0 Å². The van der Waals surface area contributed by atoms with Crippen molar-refractivity contribution in [2.45, 2.75) is 26.6 Å². The Kier molecular flexibility index (Phi) is 3.92. The van der Waals surface area contributed by atoms with Crippen LogP contribution in [0.4, 0.5) is 24.7 Å². The van der Waals surface area contributed by atoms with E-state index in [-0.39, 0.29) is 5.69 Å². The lowest BCUT2D eigenvalue weighted by Crippen LogP contribution is -2.06. The lowest BCUT2D eigenvalue weighted by Gasteiger charge is -2.13. The first-order valence-corrected chi connectivity index (χ1v) is 9.30. The summed E-state index contributed by atoms with van der Waals surface area (Å²) >= 11 is 0. The zero-order valence-corrected chi connectivity index (χ0v) is 16.1. The van der Waals surface area contributed by atoms with Gasteiger partial charge < -0.3 is 5.32 Å². The van der Waals surface area contributed by atoms with Crippen LogP contribution in [0.5, 0.6) is 0 Å². The number of aryl methyl sites for hydroxylation is 2. The number of alkyl halides is 3. The molecule has 0 bridgehead atoms. The third kappa shape index (κ3) is 2.83. The molecule has 0 spiro atoms. The van der Waals surface area contributed by atoms with Gasteiger partial charge in [0.25, 0.3) is 0 Å². The zero-order chi connectivity index (χ0) is 21.0. The van der Waals surface area contributed by atoms with Crippen molar-refractivity contribution >= 4 is 39.1 Å². The number of hydrogen-bond acceptors (Lipinski definition) is 5. The number of hydrogen-bond donors (Lipinski definition) is 1. The third-order valence-electron chi connectivity index (χ3n) is 4.90. The number of aromatic nitrogens is 6. The molecule has 0 amide bonds. The largest absolute Gasteiger partial charge is 0.416 e. The first-order chi connectivity index (χ1) is 14.3. The number of fused-ring (bicyclic) bond motifs is 5. The van der Waals surface area contributed by atoms with Crippen LogP contribution >= 0.6 is 0 Å². The van der Waals surface area contributed by atoms with E-state index in [0.29, 0.717) is 29.0 Å². The number of pyridine rings is 1. The maximum atomic E-state index is 13.1. The van der Waals surface area contributed by atoms with Crippen molar-refractivity contribution in [3.05, 3.63) is 54.0 Å². The Bertz CT molecular complexity index is 1420. The highest BCUT2D eigenvalue weighted by atomic mass is 19.4. The van der Waals surface area contributed by atoms with E-state index in [0.717, 1.165) is 28.7 Å². The first-order valence-electron chi connectivity index (χ1n) is 9.30. The fourth-order valence-electron chi connectivity index (χ4n) is 3.56. The summed E-state index contributed by atoms with van der Waals surface area (Å²) in [5, 5.41) is 13.4. The van der Waals surface area contributed by atoms with Crippen molar-refractivity contribution in [2.24, 2.45) is 0 Å². The van der Waals surface area contributed by atoms with Crippen LogP contribution in [-0.2, 0) is 12.7 Å². The Labute approximate surface area is 168 Å². The molecule has 0 aliphatic heterocycles. The number of nitrogens with one attached hydrogen (secondary N) is 1. The molecule has 30 heavy (non-hydrogen) atoms. The van der Waals surface area contributed by atoms with Gasteiger partial charge >= 0.3 is 6.18 Å². The normalized spacial score (nSPS) is 12.3. The summed E-state index contributed by atoms with van der Waals surface area (Å²) in [6.07, 6.45) is -1.06. The Hall–Kier alpha value is -3.69. The number of rotatable bonds is 3. The van der Waals surface area contributed by atoms with Crippen LogP contribution in [0.15, 0.2) is 42.7 Å². The molecule has 1 N–H and O–H groups in total. The Balaban J connectivity index is 1.76. The van der Waals surface area contributed by atoms with Gasteiger partial charge in [0.2, 0.25) is 0 Å². The van der Waals surface area contributed by atoms with Crippen LogP contribution in [0, 0.1) is 6.92 Å². The number of anilines is 2. The predicted molar refractivity (Wildman–Crippen MR) is 107 cm³/mol. The molecule has 0 atom stereocenters. The fourth-order valence-corrected chi connectivity index (χ4v) is 3.56. The molecular formula is C20H16F3N7. The van der Waals surface area contributed by atoms with Gasteiger partial charge in [0.05, 0.1) is 33.7 Å². The molecule has 7 nitrogen and oxygen atoms in total. The SMILES string of the molecule is CCn1ncc2c1ncc1c(Nc3cccc(C(F)(F)F)c3)nc3cc(C)nn3c12. The molecular weight excluding hydrogens is 395 g/mol. The predicted octanol–water partition coefficient (Wildman–Crippen LogP) is 4.72. The van der Waals surface area contributed by atoms with Crippen LogP contribution in [0.3, 0.4) is 0 Å². The fraction of sp³-hybridized carbons (Fsp3) is 0.200. The van der Waals surface area contributed by atoms with Crippen molar-refractivity contribution < 1.29 is 13.2 Å². The highest BCUT2D eigenvalue weighted by Crippen LogP contribution is 2.33. The molecule has 1 aromatic carbocycles. The summed E-state index contributed by atoms with van der Waals surface area (Å²) in [5.41, 5.74) is 2.34. The first kappa shape index (κ1) is 18.3. The van der Waals surface area contributed by atoms with Gasteiger partial charge in [0.1, 0.15) is 5.82 Å².